The number of amides is 2. The first kappa shape index (κ1) is 23.1. The fourth-order valence-electron chi connectivity index (χ4n) is 3.80. The predicted octanol–water partition coefficient (Wildman–Crippen LogP) is 4.54. The largest absolute Gasteiger partial charge is 0.354 e. The van der Waals surface area contributed by atoms with E-state index in [9.17, 15) is 9.59 Å². The van der Waals surface area contributed by atoms with Gasteiger partial charge in [0, 0.05) is 29.2 Å². The zero-order chi connectivity index (χ0) is 23.4. The summed E-state index contributed by atoms with van der Waals surface area (Å²) in [5.74, 6) is 1.88. The fraction of sp³-hybridized carbons (Fsp3) is 0.346. The Kier molecular flexibility index (Phi) is 6.88. The van der Waals surface area contributed by atoms with Crippen molar-refractivity contribution in [3.05, 3.63) is 82.5 Å². The minimum Gasteiger partial charge on any atom is -0.354 e. The van der Waals surface area contributed by atoms with E-state index >= 15 is 0 Å². The fourth-order valence-corrected chi connectivity index (χ4v) is 4.84. The van der Waals surface area contributed by atoms with E-state index in [2.05, 4.69) is 36.5 Å². The maximum atomic E-state index is 13.0. The van der Waals surface area contributed by atoms with Gasteiger partial charge in [-0.2, -0.15) is 16.9 Å². The van der Waals surface area contributed by atoms with Crippen LogP contribution in [-0.4, -0.2) is 28.1 Å². The Labute approximate surface area is 199 Å². The Morgan fingerprint density at radius 3 is 2.45 bits per heavy atom. The van der Waals surface area contributed by atoms with Crippen LogP contribution in [-0.2, 0) is 34.7 Å². The molecule has 0 bridgehead atoms. The number of anilines is 1. The standard InChI is InChI=1S/C26H30N4O2S/c1-26(2,3)20-11-9-19(10-12-20)25(32)28-24-21-16-33-17-22(21)29-30(24)15-23(31)27-14-13-18-7-5-4-6-8-18/h4-12H,13-17H2,1-3H3,(H,27,31)(H,28,32). The number of carbonyl (C=O) groups excluding carboxylic acids is 2. The highest BCUT2D eigenvalue weighted by atomic mass is 32.2. The van der Waals surface area contributed by atoms with Crippen molar-refractivity contribution in [3.63, 3.8) is 0 Å². The molecular weight excluding hydrogens is 432 g/mol. The van der Waals surface area contributed by atoms with E-state index in [1.807, 2.05) is 54.6 Å². The summed E-state index contributed by atoms with van der Waals surface area (Å²) in [7, 11) is 0. The van der Waals surface area contributed by atoms with E-state index in [1.54, 1.807) is 16.4 Å². The van der Waals surface area contributed by atoms with Crippen LogP contribution in [0.2, 0.25) is 0 Å². The molecule has 0 atom stereocenters. The van der Waals surface area contributed by atoms with Crippen molar-refractivity contribution in [1.82, 2.24) is 15.1 Å². The average molecular weight is 463 g/mol. The molecule has 0 aliphatic carbocycles. The highest BCUT2D eigenvalue weighted by Gasteiger charge is 2.25. The number of rotatable bonds is 7. The van der Waals surface area contributed by atoms with E-state index in [1.165, 1.54) is 11.1 Å². The monoisotopic (exact) mass is 462 g/mol. The van der Waals surface area contributed by atoms with Gasteiger partial charge in [0.25, 0.3) is 5.91 Å². The second kappa shape index (κ2) is 9.83. The molecule has 6 nitrogen and oxygen atoms in total. The molecule has 1 aliphatic heterocycles. The van der Waals surface area contributed by atoms with Gasteiger partial charge >= 0.3 is 0 Å². The van der Waals surface area contributed by atoms with Crippen LogP contribution in [0.3, 0.4) is 0 Å². The van der Waals surface area contributed by atoms with Crippen LogP contribution in [0.25, 0.3) is 0 Å². The SMILES string of the molecule is CC(C)(C)c1ccc(C(=O)Nc2c3c(nn2CC(=O)NCCc2ccccc2)CSC3)cc1. The minimum atomic E-state index is -0.194. The Bertz CT molecular complexity index is 1130. The third kappa shape index (κ3) is 5.66. The molecule has 1 aliphatic rings. The van der Waals surface area contributed by atoms with Gasteiger partial charge in [-0.15, -0.1) is 0 Å². The summed E-state index contributed by atoms with van der Waals surface area (Å²) in [4.78, 5) is 25.6. The number of thioether (sulfide) groups is 1. The second-order valence-electron chi connectivity index (χ2n) is 9.29. The van der Waals surface area contributed by atoms with Crippen molar-refractivity contribution in [2.24, 2.45) is 0 Å². The molecule has 2 amide bonds. The quantitative estimate of drug-likeness (QED) is 0.541. The smallest absolute Gasteiger partial charge is 0.256 e. The second-order valence-corrected chi connectivity index (χ2v) is 10.3. The van der Waals surface area contributed by atoms with Crippen LogP contribution in [0.5, 0.6) is 0 Å². The van der Waals surface area contributed by atoms with Gasteiger partial charge in [-0.25, -0.2) is 4.68 Å². The number of hydrogen-bond donors (Lipinski definition) is 2. The van der Waals surface area contributed by atoms with Gasteiger partial charge in [-0.1, -0.05) is 63.2 Å². The minimum absolute atomic E-state index is 0.0273. The predicted molar refractivity (Wildman–Crippen MR) is 133 cm³/mol. The third-order valence-electron chi connectivity index (χ3n) is 5.74. The number of nitrogens with one attached hydrogen (secondary N) is 2. The Balaban J connectivity index is 1.43. The molecule has 0 fully saturated rings. The summed E-state index contributed by atoms with van der Waals surface area (Å²) in [6, 6.07) is 17.7. The first-order valence-corrected chi connectivity index (χ1v) is 12.4. The highest BCUT2D eigenvalue weighted by Crippen LogP contribution is 2.35. The first-order valence-electron chi connectivity index (χ1n) is 11.2. The molecule has 2 heterocycles. The van der Waals surface area contributed by atoms with Crippen molar-refractivity contribution in [2.45, 2.75) is 50.7 Å². The molecule has 0 unspecified atom stereocenters. The van der Waals surface area contributed by atoms with Gasteiger partial charge in [0.05, 0.1) is 5.69 Å². The molecule has 0 spiro atoms. The van der Waals surface area contributed by atoms with Crippen molar-refractivity contribution < 1.29 is 9.59 Å². The van der Waals surface area contributed by atoms with Gasteiger partial charge in [-0.05, 0) is 35.1 Å². The van der Waals surface area contributed by atoms with Crippen LogP contribution < -0.4 is 10.6 Å². The highest BCUT2D eigenvalue weighted by molar-refractivity contribution is 7.98. The van der Waals surface area contributed by atoms with E-state index in [0.29, 0.717) is 17.9 Å². The molecule has 33 heavy (non-hydrogen) atoms. The molecule has 4 rings (SSSR count). The number of fused-ring (bicyclic) bond motifs is 1. The van der Waals surface area contributed by atoms with E-state index in [4.69, 9.17) is 0 Å². The number of hydrogen-bond acceptors (Lipinski definition) is 4. The molecule has 3 aromatic rings. The van der Waals surface area contributed by atoms with E-state index in [0.717, 1.165) is 29.2 Å². The van der Waals surface area contributed by atoms with Crippen molar-refractivity contribution in [1.29, 1.82) is 0 Å². The summed E-state index contributed by atoms with van der Waals surface area (Å²) in [5.41, 5.74) is 4.92. The topological polar surface area (TPSA) is 76.0 Å². The van der Waals surface area contributed by atoms with Crippen LogP contribution in [0.1, 0.15) is 53.5 Å². The summed E-state index contributed by atoms with van der Waals surface area (Å²) >= 11 is 1.76. The molecule has 0 saturated heterocycles. The summed E-state index contributed by atoms with van der Waals surface area (Å²) in [6.45, 7) is 7.07. The first-order chi connectivity index (χ1) is 15.8. The normalized spacial score (nSPS) is 12.9. The van der Waals surface area contributed by atoms with Crippen LogP contribution in [0.4, 0.5) is 5.82 Å². The van der Waals surface area contributed by atoms with Crippen molar-refractivity contribution in [3.8, 4) is 0 Å². The molecular formula is C26H30N4O2S. The van der Waals surface area contributed by atoms with Gasteiger partial charge in [0.15, 0.2) is 0 Å². The van der Waals surface area contributed by atoms with Gasteiger partial charge in [0.1, 0.15) is 12.4 Å². The lowest BCUT2D eigenvalue weighted by atomic mass is 9.87. The van der Waals surface area contributed by atoms with Gasteiger partial charge in [0.2, 0.25) is 5.91 Å². The maximum absolute atomic E-state index is 13.0. The molecule has 2 aromatic carbocycles. The lowest BCUT2D eigenvalue weighted by Gasteiger charge is -2.19. The molecule has 2 N–H and O–H groups in total. The molecule has 0 radical (unpaired) electrons. The molecule has 1 aromatic heterocycles. The number of carbonyl (C=O) groups is 2. The molecule has 0 saturated carbocycles. The summed E-state index contributed by atoms with van der Waals surface area (Å²) in [6.07, 6.45) is 0.771. The van der Waals surface area contributed by atoms with Gasteiger partial charge < -0.3 is 10.6 Å². The van der Waals surface area contributed by atoms with Crippen LogP contribution in [0, 0.1) is 0 Å². The zero-order valence-electron chi connectivity index (χ0n) is 19.4. The van der Waals surface area contributed by atoms with Crippen molar-refractivity contribution >= 4 is 29.4 Å². The third-order valence-corrected chi connectivity index (χ3v) is 6.71. The maximum Gasteiger partial charge on any atom is 0.256 e. The van der Waals surface area contributed by atoms with Crippen LogP contribution in [0.15, 0.2) is 54.6 Å². The lowest BCUT2D eigenvalue weighted by molar-refractivity contribution is -0.121. The zero-order valence-corrected chi connectivity index (χ0v) is 20.2. The van der Waals surface area contributed by atoms with Crippen LogP contribution >= 0.6 is 11.8 Å². The number of benzene rings is 2. The molecule has 7 heteroatoms. The summed E-state index contributed by atoms with van der Waals surface area (Å²) < 4.78 is 1.63. The lowest BCUT2D eigenvalue weighted by Crippen LogP contribution is -2.30. The Morgan fingerprint density at radius 2 is 1.76 bits per heavy atom. The Hall–Kier alpha value is -3.06. The number of aromatic nitrogens is 2. The number of nitrogens with zero attached hydrogens (tertiary/aromatic N) is 2. The van der Waals surface area contributed by atoms with Gasteiger partial charge in [-0.3, -0.25) is 9.59 Å². The molecule has 172 valence electrons. The van der Waals surface area contributed by atoms with E-state index in [-0.39, 0.29) is 23.8 Å². The average Bonchev–Trinajstić information content (AvgIpc) is 3.36. The Morgan fingerprint density at radius 1 is 1.03 bits per heavy atom. The van der Waals surface area contributed by atoms with Crippen molar-refractivity contribution in [2.75, 3.05) is 11.9 Å². The van der Waals surface area contributed by atoms with E-state index < -0.39 is 0 Å². The summed E-state index contributed by atoms with van der Waals surface area (Å²) in [5, 5.41) is 10.6.